The van der Waals surface area contributed by atoms with Crippen molar-refractivity contribution in [3.63, 3.8) is 0 Å². The van der Waals surface area contributed by atoms with E-state index >= 15 is 0 Å². The standard InChI is InChI=1S/C20H20O2S/c1-15(14-21)23-17(3)22-20(19-12-8-5-9-13-19)16(2)18-10-6-4-7-11-18/h4-15H,3H2,1-2H3/b20-16+. The summed E-state index contributed by atoms with van der Waals surface area (Å²) in [5.41, 5.74) is 3.10. The highest BCUT2D eigenvalue weighted by Crippen LogP contribution is 2.32. The lowest BCUT2D eigenvalue weighted by Crippen LogP contribution is -2.00. The van der Waals surface area contributed by atoms with Gasteiger partial charge in [0.15, 0.2) is 5.09 Å². The summed E-state index contributed by atoms with van der Waals surface area (Å²) < 4.78 is 6.01. The number of allylic oxidation sites excluding steroid dienone is 1. The van der Waals surface area contributed by atoms with Gasteiger partial charge in [-0.1, -0.05) is 72.4 Å². The number of hydrogen-bond donors (Lipinski definition) is 0. The molecule has 0 radical (unpaired) electrons. The van der Waals surface area contributed by atoms with Gasteiger partial charge in [-0.3, -0.25) is 0 Å². The van der Waals surface area contributed by atoms with Crippen LogP contribution < -0.4 is 0 Å². The molecule has 2 aromatic carbocycles. The molecular weight excluding hydrogens is 304 g/mol. The Hall–Kier alpha value is -2.26. The highest BCUT2D eigenvalue weighted by Gasteiger charge is 2.13. The zero-order valence-electron chi connectivity index (χ0n) is 13.4. The van der Waals surface area contributed by atoms with E-state index in [2.05, 4.69) is 6.58 Å². The van der Waals surface area contributed by atoms with Crippen LogP contribution in [0.15, 0.2) is 72.3 Å². The SMILES string of the molecule is C=C(O/C(=C(\C)c1ccccc1)c1ccccc1)SC(C)C=O. The van der Waals surface area contributed by atoms with Crippen LogP contribution in [0.1, 0.15) is 25.0 Å². The number of aldehydes is 1. The highest BCUT2D eigenvalue weighted by molar-refractivity contribution is 8.04. The molecule has 0 fully saturated rings. The molecule has 0 aliphatic rings. The van der Waals surface area contributed by atoms with Gasteiger partial charge in [0.25, 0.3) is 0 Å². The van der Waals surface area contributed by atoms with Crippen molar-refractivity contribution >= 4 is 29.4 Å². The topological polar surface area (TPSA) is 26.3 Å². The molecule has 0 aromatic heterocycles. The minimum Gasteiger partial charge on any atom is -0.450 e. The highest BCUT2D eigenvalue weighted by atomic mass is 32.2. The van der Waals surface area contributed by atoms with Crippen molar-refractivity contribution in [2.45, 2.75) is 19.1 Å². The maximum absolute atomic E-state index is 10.8. The summed E-state index contributed by atoms with van der Waals surface area (Å²) in [6, 6.07) is 20.0. The molecule has 2 rings (SSSR count). The first kappa shape index (κ1) is 17.1. The molecule has 2 aromatic rings. The Balaban J connectivity index is 2.37. The maximum atomic E-state index is 10.8. The summed E-state index contributed by atoms with van der Waals surface area (Å²) >= 11 is 1.32. The molecular formula is C20H20O2S. The molecule has 0 N–H and O–H groups in total. The molecule has 0 amide bonds. The molecule has 0 saturated heterocycles. The molecule has 0 bridgehead atoms. The van der Waals surface area contributed by atoms with Gasteiger partial charge in [0.2, 0.25) is 0 Å². The molecule has 2 nitrogen and oxygen atoms in total. The fourth-order valence-electron chi connectivity index (χ4n) is 2.13. The monoisotopic (exact) mass is 324 g/mol. The molecule has 1 unspecified atom stereocenters. The number of benzene rings is 2. The second kappa shape index (κ2) is 8.39. The zero-order valence-corrected chi connectivity index (χ0v) is 14.2. The maximum Gasteiger partial charge on any atom is 0.154 e. The van der Waals surface area contributed by atoms with E-state index in [1.165, 1.54) is 11.8 Å². The predicted octanol–water partition coefficient (Wildman–Crippen LogP) is 5.38. The van der Waals surface area contributed by atoms with Crippen molar-refractivity contribution in [2.24, 2.45) is 0 Å². The van der Waals surface area contributed by atoms with Crippen molar-refractivity contribution in [2.75, 3.05) is 0 Å². The average molecular weight is 324 g/mol. The normalized spacial score (nSPS) is 13.0. The van der Waals surface area contributed by atoms with Crippen LogP contribution in [0.3, 0.4) is 0 Å². The minimum atomic E-state index is -0.184. The molecule has 0 heterocycles. The number of hydrogen-bond acceptors (Lipinski definition) is 3. The van der Waals surface area contributed by atoms with E-state index in [0.29, 0.717) is 5.09 Å². The number of carbonyl (C=O) groups excluding carboxylic acids is 1. The Morgan fingerprint density at radius 2 is 1.57 bits per heavy atom. The van der Waals surface area contributed by atoms with Crippen LogP contribution in [-0.2, 0) is 9.53 Å². The quantitative estimate of drug-likeness (QED) is 0.388. The Kier molecular flexibility index (Phi) is 6.24. The van der Waals surface area contributed by atoms with E-state index in [1.807, 2.05) is 74.5 Å². The number of rotatable bonds is 7. The van der Waals surface area contributed by atoms with Crippen molar-refractivity contribution in [3.05, 3.63) is 83.5 Å². The van der Waals surface area contributed by atoms with Gasteiger partial charge >= 0.3 is 0 Å². The van der Waals surface area contributed by atoms with E-state index in [9.17, 15) is 4.79 Å². The van der Waals surface area contributed by atoms with Gasteiger partial charge in [-0.25, -0.2) is 0 Å². The largest absolute Gasteiger partial charge is 0.450 e. The molecule has 23 heavy (non-hydrogen) atoms. The van der Waals surface area contributed by atoms with E-state index in [4.69, 9.17) is 4.74 Å². The summed E-state index contributed by atoms with van der Waals surface area (Å²) in [6.07, 6.45) is 0.884. The van der Waals surface area contributed by atoms with Gasteiger partial charge < -0.3 is 9.53 Å². The Morgan fingerprint density at radius 1 is 1.04 bits per heavy atom. The van der Waals surface area contributed by atoms with E-state index in [-0.39, 0.29) is 5.25 Å². The smallest absolute Gasteiger partial charge is 0.154 e. The molecule has 0 spiro atoms. The van der Waals surface area contributed by atoms with Crippen molar-refractivity contribution in [3.8, 4) is 0 Å². The Labute approximate surface area is 141 Å². The number of thioether (sulfide) groups is 1. The van der Waals surface area contributed by atoms with Gasteiger partial charge in [0, 0.05) is 5.56 Å². The molecule has 3 heteroatoms. The first-order chi connectivity index (χ1) is 11.1. The summed E-state index contributed by atoms with van der Waals surface area (Å²) in [5, 5.41) is 0.329. The summed E-state index contributed by atoms with van der Waals surface area (Å²) in [4.78, 5) is 10.8. The third kappa shape index (κ3) is 4.86. The number of carbonyl (C=O) groups is 1. The first-order valence-electron chi connectivity index (χ1n) is 7.42. The summed E-state index contributed by atoms with van der Waals surface area (Å²) in [6.45, 7) is 7.78. The second-order valence-electron chi connectivity index (χ2n) is 5.12. The van der Waals surface area contributed by atoms with Crippen LogP contribution in [0.25, 0.3) is 11.3 Å². The average Bonchev–Trinajstić information content (AvgIpc) is 2.60. The van der Waals surface area contributed by atoms with Gasteiger partial charge in [-0.05, 0) is 31.6 Å². The van der Waals surface area contributed by atoms with Crippen LogP contribution in [0.4, 0.5) is 0 Å². The van der Waals surface area contributed by atoms with Crippen LogP contribution in [0, 0.1) is 0 Å². The lowest BCUT2D eigenvalue weighted by atomic mass is 10.0. The van der Waals surface area contributed by atoms with Crippen molar-refractivity contribution in [1.29, 1.82) is 0 Å². The van der Waals surface area contributed by atoms with E-state index < -0.39 is 0 Å². The summed E-state index contributed by atoms with van der Waals surface area (Å²) in [5.74, 6) is 0.757. The van der Waals surface area contributed by atoms with Crippen molar-refractivity contribution in [1.82, 2.24) is 0 Å². The summed E-state index contributed by atoms with van der Waals surface area (Å²) in [7, 11) is 0. The van der Waals surface area contributed by atoms with Crippen LogP contribution in [0.2, 0.25) is 0 Å². The molecule has 0 aliphatic heterocycles. The van der Waals surface area contributed by atoms with E-state index in [1.54, 1.807) is 0 Å². The van der Waals surface area contributed by atoms with Crippen molar-refractivity contribution < 1.29 is 9.53 Å². The first-order valence-corrected chi connectivity index (χ1v) is 8.30. The zero-order chi connectivity index (χ0) is 16.7. The predicted molar refractivity (Wildman–Crippen MR) is 98.7 cm³/mol. The van der Waals surface area contributed by atoms with Crippen LogP contribution in [-0.4, -0.2) is 11.5 Å². The third-order valence-corrected chi connectivity index (χ3v) is 4.14. The van der Waals surface area contributed by atoms with Gasteiger partial charge in [-0.15, -0.1) is 0 Å². The molecule has 1 atom stereocenters. The Bertz CT molecular complexity index is 690. The Morgan fingerprint density at radius 3 is 2.09 bits per heavy atom. The molecule has 0 saturated carbocycles. The third-order valence-electron chi connectivity index (χ3n) is 3.31. The van der Waals surface area contributed by atoms with Gasteiger partial charge in [0.05, 0.1) is 5.25 Å². The lowest BCUT2D eigenvalue weighted by Gasteiger charge is -2.16. The second-order valence-corrected chi connectivity index (χ2v) is 6.55. The molecule has 118 valence electrons. The van der Waals surface area contributed by atoms with Crippen LogP contribution in [0.5, 0.6) is 0 Å². The number of ether oxygens (including phenoxy) is 1. The molecule has 0 aliphatic carbocycles. The fourth-order valence-corrected chi connectivity index (χ4v) is 2.74. The van der Waals surface area contributed by atoms with Crippen LogP contribution >= 0.6 is 11.8 Å². The van der Waals surface area contributed by atoms with Gasteiger partial charge in [-0.2, -0.15) is 0 Å². The van der Waals surface area contributed by atoms with Gasteiger partial charge in [0.1, 0.15) is 12.0 Å². The lowest BCUT2D eigenvalue weighted by molar-refractivity contribution is -0.107. The fraction of sp³-hybridized carbons (Fsp3) is 0.150. The minimum absolute atomic E-state index is 0.184. The van der Waals surface area contributed by atoms with E-state index in [0.717, 1.165) is 28.7 Å².